The number of amides is 1. The molecule has 0 saturated carbocycles. The summed E-state index contributed by atoms with van der Waals surface area (Å²) in [5.41, 5.74) is 0.978. The summed E-state index contributed by atoms with van der Waals surface area (Å²) in [5, 5.41) is 2.63. The Kier molecular flexibility index (Phi) is 5.67. The first kappa shape index (κ1) is 16.1. The fraction of sp³-hybridized carbons (Fsp3) is 0.533. The van der Waals surface area contributed by atoms with Crippen LogP contribution in [-0.4, -0.2) is 29.0 Å². The normalized spacial score (nSPS) is 11.0. The molecule has 1 amide bonds. The van der Waals surface area contributed by atoms with Gasteiger partial charge < -0.3 is 10.1 Å². The topological polar surface area (TPSA) is 68.3 Å². The molecular weight excluding hydrogens is 256 g/mol. The highest BCUT2D eigenvalue weighted by Gasteiger charge is 2.15. The van der Waals surface area contributed by atoms with Crippen molar-refractivity contribution in [2.24, 2.45) is 0 Å². The summed E-state index contributed by atoms with van der Waals surface area (Å²) in [5.74, 6) is 0.0569. The molecule has 5 heteroatoms. The van der Waals surface area contributed by atoms with Gasteiger partial charge in [-0.25, -0.2) is 4.79 Å². The van der Waals surface area contributed by atoms with Gasteiger partial charge in [0.1, 0.15) is 5.60 Å². The minimum atomic E-state index is -0.505. The molecule has 0 aliphatic heterocycles. The Balaban J connectivity index is 2.28. The van der Waals surface area contributed by atoms with E-state index in [2.05, 4.69) is 10.3 Å². The molecule has 0 unspecified atom stereocenters. The monoisotopic (exact) mass is 278 g/mol. The maximum absolute atomic E-state index is 11.9. The molecule has 0 aromatic carbocycles. The van der Waals surface area contributed by atoms with Gasteiger partial charge in [-0.2, -0.15) is 0 Å². The van der Waals surface area contributed by atoms with Crippen molar-refractivity contribution in [2.45, 2.75) is 46.1 Å². The van der Waals surface area contributed by atoms with Crippen LogP contribution in [0, 0.1) is 6.92 Å². The quantitative estimate of drug-likeness (QED) is 0.664. The van der Waals surface area contributed by atoms with E-state index >= 15 is 0 Å². The summed E-state index contributed by atoms with van der Waals surface area (Å²) >= 11 is 0. The third-order valence-electron chi connectivity index (χ3n) is 2.47. The van der Waals surface area contributed by atoms with Gasteiger partial charge in [-0.3, -0.25) is 9.78 Å². The molecule has 1 rings (SSSR count). The van der Waals surface area contributed by atoms with Gasteiger partial charge in [0.15, 0.2) is 5.78 Å². The molecule has 0 saturated heterocycles. The third-order valence-corrected chi connectivity index (χ3v) is 2.47. The van der Waals surface area contributed by atoms with Gasteiger partial charge in [0.05, 0.1) is 0 Å². The van der Waals surface area contributed by atoms with Crippen LogP contribution in [0.1, 0.15) is 49.7 Å². The smallest absolute Gasteiger partial charge is 0.407 e. The van der Waals surface area contributed by atoms with Crippen LogP contribution in [0.15, 0.2) is 18.3 Å². The average molecular weight is 278 g/mol. The minimum Gasteiger partial charge on any atom is -0.444 e. The van der Waals surface area contributed by atoms with Crippen LogP contribution in [0.25, 0.3) is 0 Å². The Morgan fingerprint density at radius 2 is 2.05 bits per heavy atom. The lowest BCUT2D eigenvalue weighted by atomic mass is 10.1. The zero-order valence-electron chi connectivity index (χ0n) is 12.5. The lowest BCUT2D eigenvalue weighted by Gasteiger charge is -2.19. The number of aromatic nitrogens is 1. The number of pyridine rings is 1. The molecule has 1 N–H and O–H groups in total. The first-order chi connectivity index (χ1) is 9.28. The largest absolute Gasteiger partial charge is 0.444 e. The molecular formula is C15H22N2O3. The number of carbonyl (C=O) groups excluding carboxylic acids is 2. The number of ketones is 1. The fourth-order valence-electron chi connectivity index (χ4n) is 1.62. The molecule has 1 aromatic rings. The number of Topliss-reactive ketones (excluding diaryl/α,β-unsaturated/α-hetero) is 1. The SMILES string of the molecule is Cc1cc(C(=O)CCCNC(=O)OC(C)(C)C)ccn1. The van der Waals surface area contributed by atoms with Gasteiger partial charge in [0.25, 0.3) is 0 Å². The Morgan fingerprint density at radius 1 is 1.35 bits per heavy atom. The Morgan fingerprint density at radius 3 is 2.65 bits per heavy atom. The van der Waals surface area contributed by atoms with Crippen LogP contribution in [0.3, 0.4) is 0 Å². The van der Waals surface area contributed by atoms with Crippen LogP contribution in [0.2, 0.25) is 0 Å². The van der Waals surface area contributed by atoms with E-state index in [9.17, 15) is 9.59 Å². The Bertz CT molecular complexity index is 478. The number of nitrogens with zero attached hydrogens (tertiary/aromatic N) is 1. The van der Waals surface area contributed by atoms with E-state index in [4.69, 9.17) is 4.74 Å². The predicted molar refractivity (Wildman–Crippen MR) is 76.8 cm³/mol. The minimum absolute atomic E-state index is 0.0569. The third kappa shape index (κ3) is 6.31. The van der Waals surface area contributed by atoms with Crippen molar-refractivity contribution in [3.63, 3.8) is 0 Å². The second-order valence-electron chi connectivity index (χ2n) is 5.64. The lowest BCUT2D eigenvalue weighted by molar-refractivity contribution is 0.0525. The van der Waals surface area contributed by atoms with E-state index < -0.39 is 11.7 Å². The summed E-state index contributed by atoms with van der Waals surface area (Å²) < 4.78 is 5.10. The molecule has 0 bridgehead atoms. The zero-order chi connectivity index (χ0) is 15.2. The average Bonchev–Trinajstić information content (AvgIpc) is 2.32. The highest BCUT2D eigenvalue weighted by Crippen LogP contribution is 2.07. The van der Waals surface area contributed by atoms with E-state index in [0.29, 0.717) is 24.9 Å². The molecule has 5 nitrogen and oxygen atoms in total. The van der Waals surface area contributed by atoms with Crippen LogP contribution < -0.4 is 5.32 Å². The van der Waals surface area contributed by atoms with Crippen LogP contribution in [0.4, 0.5) is 4.79 Å². The van der Waals surface area contributed by atoms with E-state index in [-0.39, 0.29) is 5.78 Å². The van der Waals surface area contributed by atoms with Gasteiger partial charge in [-0.05, 0) is 46.2 Å². The van der Waals surface area contributed by atoms with Crippen molar-refractivity contribution in [3.05, 3.63) is 29.6 Å². The molecule has 0 aliphatic carbocycles. The van der Waals surface area contributed by atoms with Gasteiger partial charge >= 0.3 is 6.09 Å². The number of ether oxygens (including phenoxy) is 1. The maximum atomic E-state index is 11.9. The number of rotatable bonds is 5. The van der Waals surface area contributed by atoms with Crippen molar-refractivity contribution in [1.82, 2.24) is 10.3 Å². The predicted octanol–water partition coefficient (Wildman–Crippen LogP) is 2.88. The van der Waals surface area contributed by atoms with E-state index in [1.807, 2.05) is 27.7 Å². The second kappa shape index (κ2) is 7.03. The van der Waals surface area contributed by atoms with Crippen LogP contribution in [0.5, 0.6) is 0 Å². The molecule has 110 valence electrons. The molecule has 1 aromatic heterocycles. The number of hydrogen-bond donors (Lipinski definition) is 1. The van der Waals surface area contributed by atoms with E-state index in [0.717, 1.165) is 5.69 Å². The first-order valence-corrected chi connectivity index (χ1v) is 6.70. The summed E-state index contributed by atoms with van der Waals surface area (Å²) in [4.78, 5) is 27.3. The number of nitrogens with one attached hydrogen (secondary N) is 1. The van der Waals surface area contributed by atoms with Gasteiger partial charge in [0.2, 0.25) is 0 Å². The number of hydrogen-bond acceptors (Lipinski definition) is 4. The molecule has 0 fully saturated rings. The Labute approximate surface area is 119 Å². The number of alkyl carbamates (subject to hydrolysis) is 1. The van der Waals surface area contributed by atoms with E-state index in [1.54, 1.807) is 18.3 Å². The second-order valence-corrected chi connectivity index (χ2v) is 5.64. The van der Waals surface area contributed by atoms with Crippen molar-refractivity contribution < 1.29 is 14.3 Å². The summed E-state index contributed by atoms with van der Waals surface area (Å²) in [6.45, 7) is 7.69. The van der Waals surface area contributed by atoms with Crippen molar-refractivity contribution >= 4 is 11.9 Å². The van der Waals surface area contributed by atoms with Gasteiger partial charge in [-0.1, -0.05) is 0 Å². The lowest BCUT2D eigenvalue weighted by Crippen LogP contribution is -2.33. The zero-order valence-corrected chi connectivity index (χ0v) is 12.5. The highest BCUT2D eigenvalue weighted by molar-refractivity contribution is 5.96. The molecule has 0 radical (unpaired) electrons. The highest BCUT2D eigenvalue weighted by atomic mass is 16.6. The van der Waals surface area contributed by atoms with Crippen LogP contribution in [-0.2, 0) is 4.74 Å². The maximum Gasteiger partial charge on any atom is 0.407 e. The van der Waals surface area contributed by atoms with Crippen molar-refractivity contribution in [3.8, 4) is 0 Å². The van der Waals surface area contributed by atoms with Crippen molar-refractivity contribution in [2.75, 3.05) is 6.54 Å². The number of aryl methyl sites for hydroxylation is 1. The van der Waals surface area contributed by atoms with Crippen molar-refractivity contribution in [1.29, 1.82) is 0 Å². The molecule has 1 heterocycles. The standard InChI is InChI=1S/C15H22N2O3/c1-11-10-12(7-9-16-11)13(18)6-5-8-17-14(19)20-15(2,3)4/h7,9-10H,5-6,8H2,1-4H3,(H,17,19). The fourth-order valence-corrected chi connectivity index (χ4v) is 1.62. The summed E-state index contributed by atoms with van der Waals surface area (Å²) in [7, 11) is 0. The molecule has 0 spiro atoms. The molecule has 20 heavy (non-hydrogen) atoms. The first-order valence-electron chi connectivity index (χ1n) is 6.70. The number of carbonyl (C=O) groups is 2. The van der Waals surface area contributed by atoms with Gasteiger partial charge in [-0.15, -0.1) is 0 Å². The van der Waals surface area contributed by atoms with E-state index in [1.165, 1.54) is 0 Å². The summed E-state index contributed by atoms with van der Waals surface area (Å²) in [6, 6.07) is 3.47. The van der Waals surface area contributed by atoms with Gasteiger partial charge in [0, 0.05) is 30.4 Å². The molecule has 0 atom stereocenters. The molecule has 0 aliphatic rings. The summed E-state index contributed by atoms with van der Waals surface area (Å²) in [6.07, 6.45) is 2.14. The van der Waals surface area contributed by atoms with Crippen LogP contribution >= 0.6 is 0 Å². The Hall–Kier alpha value is -1.91.